The van der Waals surface area contributed by atoms with Crippen LogP contribution in [0.25, 0.3) is 0 Å². The van der Waals surface area contributed by atoms with Gasteiger partial charge in [-0.15, -0.1) is 0 Å². The molecule has 1 aromatic heterocycles. The number of carbonyl (C=O) groups is 1. The van der Waals surface area contributed by atoms with Crippen molar-refractivity contribution in [2.24, 2.45) is 0 Å². The molecule has 1 heterocycles. The number of nitrogens with zero attached hydrogens (tertiary/aromatic N) is 2. The van der Waals surface area contributed by atoms with Gasteiger partial charge >= 0.3 is 0 Å². The molecule has 3 rings (SSSR count). The van der Waals surface area contributed by atoms with Gasteiger partial charge in [-0.1, -0.05) is 0 Å². The van der Waals surface area contributed by atoms with Gasteiger partial charge in [0.1, 0.15) is 12.4 Å². The summed E-state index contributed by atoms with van der Waals surface area (Å²) in [6, 6.07) is 14.2. The first kappa shape index (κ1) is 26.0. The fourth-order valence-corrected chi connectivity index (χ4v) is 4.11. The Bertz CT molecular complexity index is 1280. The number of carbonyl (C=O) groups excluding carboxylic acids is 1. The Labute approximate surface area is 209 Å². The van der Waals surface area contributed by atoms with Crippen LogP contribution >= 0.6 is 12.2 Å². The second-order valence-corrected chi connectivity index (χ2v) is 9.47. The molecule has 0 atom stereocenters. The fraction of sp³-hybridized carbons (Fsp3) is 0.217. The van der Waals surface area contributed by atoms with E-state index in [9.17, 15) is 13.2 Å². The Kier molecular flexibility index (Phi) is 8.68. The number of nitrogens with one attached hydrogen (secondary N) is 3. The standard InChI is InChI=1S/C23H25N5O5S2/c1-15-14-16(2)25-22(24-15)28-35(30,31)20-10-6-18(7-11-20)26-23(34)27-21(29)17-4-8-19(9-5-17)33-13-12-32-3/h4-11,14H,12-13H2,1-3H3,(H,24,25,28)(H2,26,27,29,34). The van der Waals surface area contributed by atoms with Gasteiger partial charge in [-0.05, 0) is 80.7 Å². The third-order valence-electron chi connectivity index (χ3n) is 4.53. The zero-order valence-corrected chi connectivity index (χ0v) is 21.0. The molecule has 3 N–H and O–H groups in total. The van der Waals surface area contributed by atoms with Crippen molar-refractivity contribution < 1.29 is 22.7 Å². The Morgan fingerprint density at radius 2 is 1.60 bits per heavy atom. The molecule has 10 nitrogen and oxygen atoms in total. The highest BCUT2D eigenvalue weighted by molar-refractivity contribution is 7.92. The first-order chi connectivity index (χ1) is 16.7. The van der Waals surface area contributed by atoms with Crippen LogP contribution in [0.3, 0.4) is 0 Å². The van der Waals surface area contributed by atoms with Gasteiger partial charge in [-0.25, -0.2) is 23.1 Å². The lowest BCUT2D eigenvalue weighted by Gasteiger charge is -2.11. The lowest BCUT2D eigenvalue weighted by atomic mass is 10.2. The summed E-state index contributed by atoms with van der Waals surface area (Å²) in [6.07, 6.45) is 0. The number of ether oxygens (including phenoxy) is 2. The molecule has 0 aliphatic carbocycles. The number of aromatic nitrogens is 2. The maximum Gasteiger partial charge on any atom is 0.264 e. The average molecular weight is 516 g/mol. The van der Waals surface area contributed by atoms with Crippen LogP contribution in [0.15, 0.2) is 59.5 Å². The number of hydrogen-bond donors (Lipinski definition) is 3. The highest BCUT2D eigenvalue weighted by Crippen LogP contribution is 2.17. The van der Waals surface area contributed by atoms with E-state index >= 15 is 0 Å². The number of hydrogen-bond acceptors (Lipinski definition) is 8. The molecule has 0 unspecified atom stereocenters. The number of thiocarbonyl (C=S) groups is 1. The predicted molar refractivity (Wildman–Crippen MR) is 136 cm³/mol. The van der Waals surface area contributed by atoms with Crippen molar-refractivity contribution in [3.63, 3.8) is 0 Å². The molecule has 0 bridgehead atoms. The van der Waals surface area contributed by atoms with Crippen molar-refractivity contribution in [1.29, 1.82) is 0 Å². The quantitative estimate of drug-likeness (QED) is 0.291. The van der Waals surface area contributed by atoms with E-state index in [0.717, 1.165) is 0 Å². The van der Waals surface area contributed by atoms with E-state index in [1.54, 1.807) is 51.3 Å². The SMILES string of the molecule is COCCOc1ccc(C(=O)NC(=S)Nc2ccc(S(=O)(=O)Nc3nc(C)cc(C)n3)cc2)cc1. The summed E-state index contributed by atoms with van der Waals surface area (Å²) in [6.45, 7) is 4.38. The zero-order chi connectivity index (χ0) is 25.4. The van der Waals surface area contributed by atoms with Gasteiger partial charge in [0, 0.05) is 29.7 Å². The Hall–Kier alpha value is -3.61. The van der Waals surface area contributed by atoms with Crippen LogP contribution < -0.4 is 20.1 Å². The maximum atomic E-state index is 12.6. The molecule has 0 saturated heterocycles. The first-order valence-corrected chi connectivity index (χ1v) is 12.3. The molecule has 1 amide bonds. The average Bonchev–Trinajstić information content (AvgIpc) is 2.79. The molecular formula is C23H25N5O5S2. The van der Waals surface area contributed by atoms with E-state index in [2.05, 4.69) is 25.3 Å². The second-order valence-electron chi connectivity index (χ2n) is 7.38. The number of rotatable bonds is 9. The predicted octanol–water partition coefficient (Wildman–Crippen LogP) is 3.05. The van der Waals surface area contributed by atoms with Crippen molar-refractivity contribution in [3.05, 3.63) is 71.5 Å². The van der Waals surface area contributed by atoms with Gasteiger partial charge < -0.3 is 14.8 Å². The molecule has 0 saturated carbocycles. The summed E-state index contributed by atoms with van der Waals surface area (Å²) < 4.78 is 38.1. The summed E-state index contributed by atoms with van der Waals surface area (Å²) in [5.41, 5.74) is 2.20. The smallest absolute Gasteiger partial charge is 0.264 e. The van der Waals surface area contributed by atoms with E-state index in [1.807, 2.05) is 0 Å². The van der Waals surface area contributed by atoms with E-state index in [0.29, 0.717) is 41.6 Å². The molecule has 0 aliphatic heterocycles. The number of methoxy groups -OCH3 is 1. The number of sulfonamides is 1. The molecule has 2 aromatic carbocycles. The normalized spacial score (nSPS) is 10.9. The van der Waals surface area contributed by atoms with Gasteiger partial charge in [0.05, 0.1) is 11.5 Å². The van der Waals surface area contributed by atoms with E-state index in [1.165, 1.54) is 24.3 Å². The molecule has 0 radical (unpaired) electrons. The summed E-state index contributed by atoms with van der Waals surface area (Å²) in [5, 5.41) is 5.49. The summed E-state index contributed by atoms with van der Waals surface area (Å²) >= 11 is 5.20. The third kappa shape index (κ3) is 7.70. The number of amides is 1. The van der Waals surface area contributed by atoms with E-state index in [-0.39, 0.29) is 16.0 Å². The van der Waals surface area contributed by atoms with E-state index in [4.69, 9.17) is 21.7 Å². The van der Waals surface area contributed by atoms with Crippen molar-refractivity contribution in [3.8, 4) is 5.75 Å². The Morgan fingerprint density at radius 1 is 0.971 bits per heavy atom. The highest BCUT2D eigenvalue weighted by Gasteiger charge is 2.16. The van der Waals surface area contributed by atoms with Crippen LogP contribution in [0.2, 0.25) is 0 Å². The van der Waals surface area contributed by atoms with Crippen LogP contribution in [-0.2, 0) is 14.8 Å². The van der Waals surface area contributed by atoms with Crippen molar-refractivity contribution in [2.45, 2.75) is 18.7 Å². The van der Waals surface area contributed by atoms with Crippen LogP contribution in [0.4, 0.5) is 11.6 Å². The molecule has 0 aliphatic rings. The molecule has 0 fully saturated rings. The first-order valence-electron chi connectivity index (χ1n) is 10.5. The number of anilines is 2. The molecule has 0 spiro atoms. The molecule has 12 heteroatoms. The van der Waals surface area contributed by atoms with E-state index < -0.39 is 15.9 Å². The summed E-state index contributed by atoms with van der Waals surface area (Å²) in [5.74, 6) is 0.221. The number of benzene rings is 2. The minimum atomic E-state index is -3.88. The fourth-order valence-electron chi connectivity index (χ4n) is 2.95. The van der Waals surface area contributed by atoms with Gasteiger partial charge in [-0.2, -0.15) is 0 Å². The van der Waals surface area contributed by atoms with Crippen molar-refractivity contribution in [1.82, 2.24) is 15.3 Å². The van der Waals surface area contributed by atoms with Crippen LogP contribution in [0.5, 0.6) is 5.75 Å². The van der Waals surface area contributed by atoms with Crippen molar-refractivity contribution in [2.75, 3.05) is 30.4 Å². The minimum absolute atomic E-state index is 0.00293. The lowest BCUT2D eigenvalue weighted by Crippen LogP contribution is -2.34. The van der Waals surface area contributed by atoms with Gasteiger partial charge in [0.25, 0.3) is 15.9 Å². The number of aryl methyl sites for hydroxylation is 2. The Morgan fingerprint density at radius 3 is 2.20 bits per heavy atom. The van der Waals surface area contributed by atoms with Gasteiger partial charge in [0.2, 0.25) is 5.95 Å². The lowest BCUT2D eigenvalue weighted by molar-refractivity contribution is 0.0977. The maximum absolute atomic E-state index is 12.6. The molecule has 3 aromatic rings. The van der Waals surface area contributed by atoms with Gasteiger partial charge in [0.15, 0.2) is 5.11 Å². The van der Waals surface area contributed by atoms with Crippen molar-refractivity contribution >= 4 is 44.9 Å². The summed E-state index contributed by atoms with van der Waals surface area (Å²) in [4.78, 5) is 20.6. The largest absolute Gasteiger partial charge is 0.491 e. The second kappa shape index (κ2) is 11.7. The zero-order valence-electron chi connectivity index (χ0n) is 19.4. The minimum Gasteiger partial charge on any atom is -0.491 e. The van der Waals surface area contributed by atoms with Gasteiger partial charge in [-0.3, -0.25) is 10.1 Å². The molecule has 35 heavy (non-hydrogen) atoms. The topological polar surface area (TPSA) is 132 Å². The molecule has 184 valence electrons. The third-order valence-corrected chi connectivity index (χ3v) is 6.08. The Balaban J connectivity index is 1.57. The van der Waals surface area contributed by atoms with Crippen LogP contribution in [-0.4, -0.2) is 49.7 Å². The highest BCUT2D eigenvalue weighted by atomic mass is 32.2. The van der Waals surface area contributed by atoms with Crippen LogP contribution in [0, 0.1) is 13.8 Å². The summed E-state index contributed by atoms with van der Waals surface area (Å²) in [7, 11) is -2.29. The molecular weight excluding hydrogens is 490 g/mol. The van der Waals surface area contributed by atoms with Crippen LogP contribution in [0.1, 0.15) is 21.7 Å². The monoisotopic (exact) mass is 515 g/mol.